The molecule has 0 fully saturated rings. The Labute approximate surface area is 182 Å². The predicted molar refractivity (Wildman–Crippen MR) is 121 cm³/mol. The van der Waals surface area contributed by atoms with E-state index in [9.17, 15) is 4.39 Å². The summed E-state index contributed by atoms with van der Waals surface area (Å²) in [6, 6.07) is 13.1. The number of aromatic nitrogens is 1. The fourth-order valence-electron chi connectivity index (χ4n) is 4.49. The number of ether oxygens (including phenoxy) is 2. The van der Waals surface area contributed by atoms with Crippen molar-refractivity contribution in [3.63, 3.8) is 0 Å². The Bertz CT molecular complexity index is 1090. The van der Waals surface area contributed by atoms with Crippen molar-refractivity contribution in [2.75, 3.05) is 37.7 Å². The summed E-state index contributed by atoms with van der Waals surface area (Å²) in [5.41, 5.74) is 4.22. The van der Waals surface area contributed by atoms with E-state index in [1.165, 1.54) is 5.56 Å². The van der Waals surface area contributed by atoms with Crippen molar-refractivity contribution in [2.45, 2.75) is 32.3 Å². The molecule has 1 unspecified atom stereocenters. The van der Waals surface area contributed by atoms with E-state index in [2.05, 4.69) is 21.3 Å². The normalized spacial score (nSPS) is 17.6. The van der Waals surface area contributed by atoms with Gasteiger partial charge in [0.1, 0.15) is 18.5 Å². The van der Waals surface area contributed by atoms with E-state index in [4.69, 9.17) is 9.47 Å². The van der Waals surface area contributed by atoms with Crippen LogP contribution in [0.1, 0.15) is 24.1 Å². The molecular weight excluding hydrogens is 393 g/mol. The van der Waals surface area contributed by atoms with Crippen LogP contribution in [0, 0.1) is 12.7 Å². The first kappa shape index (κ1) is 20.1. The number of nitrogens with zero attached hydrogens (tertiary/aromatic N) is 2. The molecule has 3 aromatic rings. The van der Waals surface area contributed by atoms with Crippen molar-refractivity contribution in [1.82, 2.24) is 10.3 Å². The number of fused-ring (bicyclic) bond motifs is 4. The molecule has 0 spiro atoms. The van der Waals surface area contributed by atoms with Crippen LogP contribution in [-0.4, -0.2) is 43.9 Å². The molecule has 2 aromatic carbocycles. The lowest BCUT2D eigenvalue weighted by atomic mass is 10.0. The van der Waals surface area contributed by atoms with Crippen LogP contribution in [0.3, 0.4) is 0 Å². The van der Waals surface area contributed by atoms with Gasteiger partial charge in [-0.05, 0) is 74.7 Å². The molecule has 0 radical (unpaired) electrons. The van der Waals surface area contributed by atoms with E-state index >= 15 is 0 Å². The third-order valence-electron chi connectivity index (χ3n) is 6.05. The van der Waals surface area contributed by atoms with Crippen LogP contribution in [0.5, 0.6) is 11.5 Å². The van der Waals surface area contributed by atoms with Gasteiger partial charge in [-0.25, -0.2) is 4.39 Å². The minimum Gasteiger partial charge on any atom is -0.486 e. The second-order valence-electron chi connectivity index (χ2n) is 8.38. The summed E-state index contributed by atoms with van der Waals surface area (Å²) in [6.45, 7) is 6.04. The summed E-state index contributed by atoms with van der Waals surface area (Å²) < 4.78 is 25.9. The zero-order valence-corrected chi connectivity index (χ0v) is 17.9. The van der Waals surface area contributed by atoms with Gasteiger partial charge >= 0.3 is 0 Å². The van der Waals surface area contributed by atoms with Gasteiger partial charge in [-0.15, -0.1) is 0 Å². The van der Waals surface area contributed by atoms with Crippen LogP contribution >= 0.6 is 0 Å². The number of anilines is 1. The lowest BCUT2D eigenvalue weighted by molar-refractivity contribution is 0.0925. The summed E-state index contributed by atoms with van der Waals surface area (Å²) in [6.07, 6.45) is 3.12. The first-order chi connectivity index (χ1) is 15.2. The fraction of sp³-hybridized carbons (Fsp3) is 0.400. The van der Waals surface area contributed by atoms with Crippen molar-refractivity contribution in [3.05, 3.63) is 59.5 Å². The molecule has 5 rings (SSSR count). The van der Waals surface area contributed by atoms with Crippen molar-refractivity contribution >= 4 is 16.6 Å². The molecular formula is C25H28FN3O2. The molecule has 1 aromatic heterocycles. The molecule has 5 nitrogen and oxygen atoms in total. The largest absolute Gasteiger partial charge is 0.486 e. The van der Waals surface area contributed by atoms with Crippen LogP contribution in [0.2, 0.25) is 0 Å². The van der Waals surface area contributed by atoms with Gasteiger partial charge in [0.15, 0.2) is 11.5 Å². The van der Waals surface area contributed by atoms with Gasteiger partial charge in [0.25, 0.3) is 0 Å². The van der Waals surface area contributed by atoms with E-state index in [1.54, 1.807) is 12.1 Å². The van der Waals surface area contributed by atoms with Gasteiger partial charge in [0.2, 0.25) is 0 Å². The molecule has 162 valence electrons. The van der Waals surface area contributed by atoms with Gasteiger partial charge < -0.3 is 19.7 Å². The summed E-state index contributed by atoms with van der Waals surface area (Å²) in [5.74, 6) is 1.41. The number of nitrogens with one attached hydrogen (secondary N) is 1. The molecule has 2 aliphatic rings. The zero-order valence-electron chi connectivity index (χ0n) is 17.9. The van der Waals surface area contributed by atoms with Crippen LogP contribution in [0.15, 0.2) is 42.5 Å². The predicted octanol–water partition coefficient (Wildman–Crippen LogP) is 4.25. The molecule has 1 atom stereocenters. The standard InChI is InChI=1S/C25H28FN3O2/c1-17-5-8-21-22(28-17)9-10-24-25(21)31-20(16-30-24)15-27-11-3-13-29-12-2-4-18-6-7-19(26)14-23(18)29/h5-10,14,20,27H,2-4,11-13,15-16H2,1H3. The van der Waals surface area contributed by atoms with Gasteiger partial charge in [0.05, 0.1) is 5.52 Å². The topological polar surface area (TPSA) is 46.6 Å². The van der Waals surface area contributed by atoms with Crippen molar-refractivity contribution in [3.8, 4) is 11.5 Å². The van der Waals surface area contributed by atoms with Crippen molar-refractivity contribution < 1.29 is 13.9 Å². The molecule has 0 aliphatic carbocycles. The van der Waals surface area contributed by atoms with E-state index in [0.717, 1.165) is 79.2 Å². The van der Waals surface area contributed by atoms with E-state index in [0.29, 0.717) is 6.61 Å². The number of benzene rings is 2. The molecule has 31 heavy (non-hydrogen) atoms. The minimum absolute atomic E-state index is 0.0378. The average Bonchev–Trinajstić information content (AvgIpc) is 2.78. The van der Waals surface area contributed by atoms with Gasteiger partial charge in [-0.2, -0.15) is 0 Å². The smallest absolute Gasteiger partial charge is 0.171 e. The summed E-state index contributed by atoms with van der Waals surface area (Å²) in [4.78, 5) is 6.89. The quantitative estimate of drug-likeness (QED) is 0.603. The van der Waals surface area contributed by atoms with E-state index in [1.807, 2.05) is 31.2 Å². The SMILES string of the molecule is Cc1ccc2c3c(ccc2n1)OCC(CNCCCN1CCCc2ccc(F)cc21)O3. The summed E-state index contributed by atoms with van der Waals surface area (Å²) >= 11 is 0. The number of halogens is 1. The number of rotatable bonds is 6. The number of pyridine rings is 1. The Balaban J connectivity index is 1.13. The molecule has 0 saturated carbocycles. The average molecular weight is 422 g/mol. The van der Waals surface area contributed by atoms with Crippen LogP contribution in [-0.2, 0) is 6.42 Å². The van der Waals surface area contributed by atoms with Crippen LogP contribution < -0.4 is 19.7 Å². The zero-order chi connectivity index (χ0) is 21.2. The third kappa shape index (κ3) is 4.30. The van der Waals surface area contributed by atoms with Gasteiger partial charge in [-0.1, -0.05) is 6.07 Å². The van der Waals surface area contributed by atoms with Crippen LogP contribution in [0.25, 0.3) is 10.9 Å². The Morgan fingerprint density at radius 1 is 1.19 bits per heavy atom. The van der Waals surface area contributed by atoms with Crippen LogP contribution in [0.4, 0.5) is 10.1 Å². The fourth-order valence-corrected chi connectivity index (χ4v) is 4.49. The second-order valence-corrected chi connectivity index (χ2v) is 8.38. The molecule has 0 amide bonds. The van der Waals surface area contributed by atoms with Gasteiger partial charge in [0, 0.05) is 36.4 Å². The summed E-state index contributed by atoms with van der Waals surface area (Å²) in [7, 11) is 0. The Morgan fingerprint density at radius 2 is 2.13 bits per heavy atom. The van der Waals surface area contributed by atoms with Crippen molar-refractivity contribution in [1.29, 1.82) is 0 Å². The lowest BCUT2D eigenvalue weighted by Crippen LogP contribution is -2.39. The highest BCUT2D eigenvalue weighted by molar-refractivity contribution is 5.88. The Hall–Kier alpha value is -2.86. The third-order valence-corrected chi connectivity index (χ3v) is 6.05. The number of hydrogen-bond donors (Lipinski definition) is 1. The molecule has 0 saturated heterocycles. The van der Waals surface area contributed by atoms with E-state index < -0.39 is 0 Å². The monoisotopic (exact) mass is 421 g/mol. The van der Waals surface area contributed by atoms with Crippen molar-refractivity contribution in [2.24, 2.45) is 0 Å². The molecule has 2 aliphatic heterocycles. The highest BCUT2D eigenvalue weighted by atomic mass is 19.1. The maximum absolute atomic E-state index is 13.7. The lowest BCUT2D eigenvalue weighted by Gasteiger charge is -2.31. The maximum Gasteiger partial charge on any atom is 0.171 e. The first-order valence-electron chi connectivity index (χ1n) is 11.1. The highest BCUT2D eigenvalue weighted by Gasteiger charge is 2.23. The first-order valence-corrected chi connectivity index (χ1v) is 11.1. The maximum atomic E-state index is 13.7. The minimum atomic E-state index is -0.156. The molecule has 0 bridgehead atoms. The molecule has 3 heterocycles. The molecule has 1 N–H and O–H groups in total. The second kappa shape index (κ2) is 8.71. The highest BCUT2D eigenvalue weighted by Crippen LogP contribution is 2.38. The Morgan fingerprint density at radius 3 is 3.06 bits per heavy atom. The molecule has 6 heteroatoms. The summed E-state index contributed by atoms with van der Waals surface area (Å²) in [5, 5.41) is 4.49. The number of aryl methyl sites for hydroxylation is 2. The number of hydrogen-bond acceptors (Lipinski definition) is 5. The van der Waals surface area contributed by atoms with E-state index in [-0.39, 0.29) is 11.9 Å². The van der Waals surface area contributed by atoms with Gasteiger partial charge in [-0.3, -0.25) is 4.98 Å². The Kier molecular flexibility index (Phi) is 5.64.